The molecular formula is C12H16O4. The highest BCUT2D eigenvalue weighted by molar-refractivity contribution is 5.88. The first-order chi connectivity index (χ1) is 7.42. The Morgan fingerprint density at radius 1 is 1.44 bits per heavy atom. The van der Waals surface area contributed by atoms with Crippen molar-refractivity contribution < 1.29 is 19.7 Å². The van der Waals surface area contributed by atoms with E-state index in [9.17, 15) is 9.90 Å². The van der Waals surface area contributed by atoms with Gasteiger partial charge < -0.3 is 14.9 Å². The van der Waals surface area contributed by atoms with Crippen LogP contribution in [0.25, 0.3) is 0 Å². The molecule has 88 valence electrons. The molecule has 0 aromatic heterocycles. The smallest absolute Gasteiger partial charge is 0.335 e. The molecule has 16 heavy (non-hydrogen) atoms. The molecule has 1 aromatic carbocycles. The summed E-state index contributed by atoms with van der Waals surface area (Å²) in [5.74, 6) is -0.509. The highest BCUT2D eigenvalue weighted by atomic mass is 16.5. The summed E-state index contributed by atoms with van der Waals surface area (Å²) < 4.78 is 5.15. The van der Waals surface area contributed by atoms with Gasteiger partial charge in [0.1, 0.15) is 5.75 Å². The summed E-state index contributed by atoms with van der Waals surface area (Å²) in [7, 11) is 1.48. The standard InChI is InChI=1S/C12H16O4/c1-12(2,7-13)9-5-4-8(11(14)15)6-10(9)16-3/h4-6,13H,7H2,1-3H3,(H,14,15). The predicted molar refractivity (Wildman–Crippen MR) is 60.1 cm³/mol. The minimum absolute atomic E-state index is 0.0320. The fourth-order valence-corrected chi connectivity index (χ4v) is 1.47. The summed E-state index contributed by atoms with van der Waals surface area (Å²) in [6.45, 7) is 3.70. The Hall–Kier alpha value is -1.55. The molecule has 0 fully saturated rings. The Balaban J connectivity index is 3.27. The van der Waals surface area contributed by atoms with Crippen LogP contribution in [0, 0.1) is 0 Å². The van der Waals surface area contributed by atoms with Gasteiger partial charge in [0, 0.05) is 11.0 Å². The molecule has 2 N–H and O–H groups in total. The number of carboxylic acid groups (broad SMARTS) is 1. The first-order valence-electron chi connectivity index (χ1n) is 4.95. The fraction of sp³-hybridized carbons (Fsp3) is 0.417. The largest absolute Gasteiger partial charge is 0.496 e. The van der Waals surface area contributed by atoms with E-state index in [0.29, 0.717) is 5.75 Å². The Kier molecular flexibility index (Phi) is 3.55. The number of methoxy groups -OCH3 is 1. The van der Waals surface area contributed by atoms with Gasteiger partial charge in [-0.25, -0.2) is 4.79 Å². The van der Waals surface area contributed by atoms with E-state index in [-0.39, 0.29) is 12.2 Å². The average Bonchev–Trinajstić information content (AvgIpc) is 2.28. The predicted octanol–water partition coefficient (Wildman–Crippen LogP) is 1.66. The van der Waals surface area contributed by atoms with Gasteiger partial charge in [0.15, 0.2) is 0 Å². The number of carbonyl (C=O) groups is 1. The molecule has 0 amide bonds. The zero-order valence-corrected chi connectivity index (χ0v) is 9.65. The average molecular weight is 224 g/mol. The van der Waals surface area contributed by atoms with E-state index in [0.717, 1.165) is 5.56 Å². The summed E-state index contributed by atoms with van der Waals surface area (Å²) in [4.78, 5) is 10.8. The Bertz CT molecular complexity index is 396. The fourth-order valence-electron chi connectivity index (χ4n) is 1.47. The lowest BCUT2D eigenvalue weighted by Gasteiger charge is -2.24. The third-order valence-electron chi connectivity index (χ3n) is 2.57. The van der Waals surface area contributed by atoms with Crippen LogP contribution in [0.15, 0.2) is 18.2 Å². The summed E-state index contributed by atoms with van der Waals surface area (Å²) in [6, 6.07) is 4.66. The van der Waals surface area contributed by atoms with Crippen molar-refractivity contribution >= 4 is 5.97 Å². The van der Waals surface area contributed by atoms with Crippen LogP contribution >= 0.6 is 0 Å². The molecule has 1 rings (SSSR count). The molecule has 0 unspecified atom stereocenters. The molecule has 0 saturated carbocycles. The van der Waals surface area contributed by atoms with Crippen LogP contribution in [0.1, 0.15) is 29.8 Å². The molecule has 0 saturated heterocycles. The molecule has 0 aliphatic heterocycles. The molecule has 0 aliphatic carbocycles. The number of rotatable bonds is 4. The number of aromatic carboxylic acids is 1. The third-order valence-corrected chi connectivity index (χ3v) is 2.57. The minimum atomic E-state index is -0.994. The highest BCUT2D eigenvalue weighted by Gasteiger charge is 2.24. The second-order valence-electron chi connectivity index (χ2n) is 4.26. The monoisotopic (exact) mass is 224 g/mol. The Morgan fingerprint density at radius 2 is 2.06 bits per heavy atom. The van der Waals surface area contributed by atoms with Crippen molar-refractivity contribution in [1.82, 2.24) is 0 Å². The van der Waals surface area contributed by atoms with Crippen molar-refractivity contribution in [3.63, 3.8) is 0 Å². The normalized spacial score (nSPS) is 11.2. The second-order valence-corrected chi connectivity index (χ2v) is 4.26. The minimum Gasteiger partial charge on any atom is -0.496 e. The van der Waals surface area contributed by atoms with Crippen LogP contribution < -0.4 is 4.74 Å². The first kappa shape index (κ1) is 12.5. The van der Waals surface area contributed by atoms with E-state index >= 15 is 0 Å². The molecule has 4 heteroatoms. The number of hydrogen-bond acceptors (Lipinski definition) is 3. The van der Waals surface area contributed by atoms with E-state index in [1.165, 1.54) is 19.2 Å². The van der Waals surface area contributed by atoms with Crippen molar-refractivity contribution in [3.05, 3.63) is 29.3 Å². The second kappa shape index (κ2) is 4.53. The first-order valence-corrected chi connectivity index (χ1v) is 4.95. The summed E-state index contributed by atoms with van der Waals surface area (Å²) >= 11 is 0. The maximum atomic E-state index is 10.8. The zero-order valence-electron chi connectivity index (χ0n) is 9.65. The van der Waals surface area contributed by atoms with Crippen LogP contribution in [-0.4, -0.2) is 29.9 Å². The van der Waals surface area contributed by atoms with E-state index in [1.54, 1.807) is 6.07 Å². The summed E-state index contributed by atoms with van der Waals surface area (Å²) in [5.41, 5.74) is 0.513. The highest BCUT2D eigenvalue weighted by Crippen LogP contribution is 2.32. The molecule has 0 aliphatic rings. The van der Waals surface area contributed by atoms with Gasteiger partial charge in [-0.15, -0.1) is 0 Å². The molecule has 4 nitrogen and oxygen atoms in total. The van der Waals surface area contributed by atoms with Gasteiger partial charge in [0.05, 0.1) is 19.3 Å². The SMILES string of the molecule is COc1cc(C(=O)O)ccc1C(C)(C)CO. The molecule has 0 bridgehead atoms. The van der Waals surface area contributed by atoms with Crippen molar-refractivity contribution in [1.29, 1.82) is 0 Å². The number of aliphatic hydroxyl groups is 1. The molecule has 0 atom stereocenters. The van der Waals surface area contributed by atoms with Gasteiger partial charge in [-0.1, -0.05) is 19.9 Å². The Labute approximate surface area is 94.5 Å². The van der Waals surface area contributed by atoms with Crippen LogP contribution in [0.3, 0.4) is 0 Å². The van der Waals surface area contributed by atoms with E-state index in [2.05, 4.69) is 0 Å². The van der Waals surface area contributed by atoms with Gasteiger partial charge in [0.2, 0.25) is 0 Å². The van der Waals surface area contributed by atoms with Crippen molar-refractivity contribution in [2.75, 3.05) is 13.7 Å². The van der Waals surface area contributed by atoms with Crippen LogP contribution in [0.2, 0.25) is 0 Å². The van der Waals surface area contributed by atoms with Gasteiger partial charge in [-0.05, 0) is 12.1 Å². The van der Waals surface area contributed by atoms with Crippen molar-refractivity contribution in [3.8, 4) is 5.75 Å². The quantitative estimate of drug-likeness (QED) is 0.816. The number of hydrogen-bond donors (Lipinski definition) is 2. The van der Waals surface area contributed by atoms with Gasteiger partial charge >= 0.3 is 5.97 Å². The summed E-state index contributed by atoms with van der Waals surface area (Å²) in [6.07, 6.45) is 0. The number of ether oxygens (including phenoxy) is 1. The molecular weight excluding hydrogens is 208 g/mol. The van der Waals surface area contributed by atoms with Crippen molar-refractivity contribution in [2.24, 2.45) is 0 Å². The topological polar surface area (TPSA) is 66.8 Å². The molecule has 0 heterocycles. The number of carboxylic acids is 1. The Morgan fingerprint density at radius 3 is 2.50 bits per heavy atom. The lowest BCUT2D eigenvalue weighted by molar-refractivity contribution is 0.0696. The van der Waals surface area contributed by atoms with Gasteiger partial charge in [-0.3, -0.25) is 0 Å². The van der Waals surface area contributed by atoms with Crippen molar-refractivity contribution in [2.45, 2.75) is 19.3 Å². The lowest BCUT2D eigenvalue weighted by atomic mass is 9.84. The molecule has 0 radical (unpaired) electrons. The van der Waals surface area contributed by atoms with Gasteiger partial charge in [-0.2, -0.15) is 0 Å². The van der Waals surface area contributed by atoms with E-state index < -0.39 is 11.4 Å². The molecule has 1 aromatic rings. The zero-order chi connectivity index (χ0) is 12.3. The molecule has 0 spiro atoms. The third kappa shape index (κ3) is 2.33. The van der Waals surface area contributed by atoms with Crippen LogP contribution in [0.4, 0.5) is 0 Å². The van der Waals surface area contributed by atoms with E-state index in [4.69, 9.17) is 9.84 Å². The maximum Gasteiger partial charge on any atom is 0.335 e. The number of aliphatic hydroxyl groups excluding tert-OH is 1. The van der Waals surface area contributed by atoms with E-state index in [1.807, 2.05) is 13.8 Å². The number of benzene rings is 1. The maximum absolute atomic E-state index is 10.8. The van der Waals surface area contributed by atoms with Crippen LogP contribution in [0.5, 0.6) is 5.75 Å². The summed E-state index contributed by atoms with van der Waals surface area (Å²) in [5, 5.41) is 18.1. The van der Waals surface area contributed by atoms with Gasteiger partial charge in [0.25, 0.3) is 0 Å². The van der Waals surface area contributed by atoms with Crippen LogP contribution in [-0.2, 0) is 5.41 Å². The lowest BCUT2D eigenvalue weighted by Crippen LogP contribution is -2.23.